The van der Waals surface area contributed by atoms with Crippen LogP contribution in [0.15, 0.2) is 16.7 Å². The van der Waals surface area contributed by atoms with E-state index >= 15 is 0 Å². The maximum Gasteiger partial charge on any atom is 0.259 e. The van der Waals surface area contributed by atoms with Gasteiger partial charge in [0.25, 0.3) is 5.91 Å². The topological polar surface area (TPSA) is 65.9 Å². The van der Waals surface area contributed by atoms with Crippen LogP contribution in [0, 0.1) is 5.92 Å². The molecule has 1 amide bonds. The summed E-state index contributed by atoms with van der Waals surface area (Å²) in [4.78, 5) is 21.3. The predicted octanol–water partition coefficient (Wildman–Crippen LogP) is 2.41. The summed E-state index contributed by atoms with van der Waals surface area (Å²) in [6.07, 6.45) is 2.64. The summed E-state index contributed by atoms with van der Waals surface area (Å²) in [6.45, 7) is 8.31. The van der Waals surface area contributed by atoms with Crippen molar-refractivity contribution in [3.63, 3.8) is 0 Å². The van der Waals surface area contributed by atoms with Crippen LogP contribution in [-0.4, -0.2) is 71.2 Å². The maximum atomic E-state index is 13.0. The lowest BCUT2D eigenvalue weighted by molar-refractivity contribution is 0.0331. The molecule has 1 aromatic heterocycles. The maximum absolute atomic E-state index is 13.0. The minimum atomic E-state index is -0.256. The second-order valence-electron chi connectivity index (χ2n) is 6.89. The van der Waals surface area contributed by atoms with Crippen LogP contribution in [0.4, 0.5) is 0 Å². The standard InChI is InChI=1S/C18H28BrN3O3/c1-5-6-21(4)10-16-12(2)9-22(13(3)11-23)18(24)15-7-14(19)8-20-17(15)25-16/h7-8,12-13,16,23H,5-6,9-11H2,1-4H3/t12-,13+,16+/m0/s1. The van der Waals surface area contributed by atoms with Crippen molar-refractivity contribution < 1.29 is 14.6 Å². The molecule has 0 radical (unpaired) electrons. The number of aliphatic hydroxyl groups is 1. The molecule has 0 fully saturated rings. The highest BCUT2D eigenvalue weighted by Crippen LogP contribution is 2.28. The highest BCUT2D eigenvalue weighted by atomic mass is 79.9. The first-order valence-electron chi connectivity index (χ1n) is 8.79. The van der Waals surface area contributed by atoms with Gasteiger partial charge >= 0.3 is 0 Å². The number of hydrogen-bond donors (Lipinski definition) is 1. The van der Waals surface area contributed by atoms with Gasteiger partial charge in [-0.05, 0) is 48.9 Å². The highest BCUT2D eigenvalue weighted by Gasteiger charge is 2.34. The summed E-state index contributed by atoms with van der Waals surface area (Å²) >= 11 is 3.38. The van der Waals surface area contributed by atoms with Crippen LogP contribution in [0.25, 0.3) is 0 Å². The Morgan fingerprint density at radius 1 is 1.56 bits per heavy atom. The number of rotatable bonds is 6. The molecule has 0 aliphatic carbocycles. The monoisotopic (exact) mass is 413 g/mol. The molecule has 1 aromatic rings. The van der Waals surface area contributed by atoms with E-state index in [0.29, 0.717) is 18.0 Å². The van der Waals surface area contributed by atoms with Gasteiger partial charge in [-0.1, -0.05) is 13.8 Å². The van der Waals surface area contributed by atoms with E-state index < -0.39 is 0 Å². The molecule has 1 N–H and O–H groups in total. The lowest BCUT2D eigenvalue weighted by Crippen LogP contribution is -2.50. The van der Waals surface area contributed by atoms with Gasteiger partial charge in [-0.2, -0.15) is 0 Å². The first-order valence-corrected chi connectivity index (χ1v) is 9.59. The molecule has 7 heteroatoms. The lowest BCUT2D eigenvalue weighted by atomic mass is 10.00. The van der Waals surface area contributed by atoms with Gasteiger partial charge in [0.05, 0.1) is 12.6 Å². The Morgan fingerprint density at radius 3 is 2.92 bits per heavy atom. The lowest BCUT2D eigenvalue weighted by Gasteiger charge is -2.37. The second-order valence-corrected chi connectivity index (χ2v) is 7.81. The Hall–Kier alpha value is -1.18. The van der Waals surface area contributed by atoms with Crippen LogP contribution in [-0.2, 0) is 0 Å². The van der Waals surface area contributed by atoms with Gasteiger partial charge in [0, 0.05) is 29.7 Å². The van der Waals surface area contributed by atoms with Gasteiger partial charge in [0.2, 0.25) is 5.88 Å². The zero-order valence-electron chi connectivity index (χ0n) is 15.4. The third-order valence-electron chi connectivity index (χ3n) is 4.58. The van der Waals surface area contributed by atoms with E-state index in [-0.39, 0.29) is 30.6 Å². The number of likely N-dealkylation sites (N-methyl/N-ethyl adjacent to an activating group) is 1. The van der Waals surface area contributed by atoms with Gasteiger partial charge in [-0.3, -0.25) is 4.79 Å². The molecule has 0 unspecified atom stereocenters. The van der Waals surface area contributed by atoms with Gasteiger partial charge in [0.15, 0.2) is 0 Å². The molecule has 140 valence electrons. The molecule has 0 saturated carbocycles. The number of pyridine rings is 1. The number of aromatic nitrogens is 1. The number of fused-ring (bicyclic) bond motifs is 1. The van der Waals surface area contributed by atoms with Crippen molar-refractivity contribution in [2.24, 2.45) is 5.92 Å². The van der Waals surface area contributed by atoms with E-state index in [1.807, 2.05) is 6.92 Å². The Balaban J connectivity index is 2.38. The molecule has 0 bridgehead atoms. The largest absolute Gasteiger partial charge is 0.472 e. The molecule has 0 saturated heterocycles. The fraction of sp³-hybridized carbons (Fsp3) is 0.667. The molecule has 1 aliphatic rings. The average Bonchev–Trinajstić information content (AvgIpc) is 2.58. The minimum Gasteiger partial charge on any atom is -0.472 e. The first-order chi connectivity index (χ1) is 11.9. The van der Waals surface area contributed by atoms with Gasteiger partial charge in [0.1, 0.15) is 11.7 Å². The molecular formula is C18H28BrN3O3. The van der Waals surface area contributed by atoms with E-state index in [1.165, 1.54) is 0 Å². The van der Waals surface area contributed by atoms with Gasteiger partial charge in [-0.25, -0.2) is 4.98 Å². The van der Waals surface area contributed by atoms with Gasteiger partial charge in [-0.15, -0.1) is 0 Å². The highest BCUT2D eigenvalue weighted by molar-refractivity contribution is 9.10. The third-order valence-corrected chi connectivity index (χ3v) is 5.02. The van der Waals surface area contributed by atoms with Crippen molar-refractivity contribution in [1.29, 1.82) is 0 Å². The van der Waals surface area contributed by atoms with E-state index in [4.69, 9.17) is 4.74 Å². The van der Waals surface area contributed by atoms with Crippen molar-refractivity contribution in [2.45, 2.75) is 39.3 Å². The summed E-state index contributed by atoms with van der Waals surface area (Å²) < 4.78 is 6.90. The fourth-order valence-electron chi connectivity index (χ4n) is 3.07. The number of aliphatic hydroxyl groups excluding tert-OH is 1. The van der Waals surface area contributed by atoms with Crippen LogP contribution in [0.3, 0.4) is 0 Å². The third kappa shape index (κ3) is 4.92. The zero-order valence-corrected chi connectivity index (χ0v) is 17.0. The van der Waals surface area contributed by atoms with Crippen molar-refractivity contribution in [2.75, 3.05) is 33.3 Å². The molecule has 2 heterocycles. The number of halogens is 1. The van der Waals surface area contributed by atoms with Crippen LogP contribution in [0.5, 0.6) is 5.88 Å². The number of carbonyl (C=O) groups excluding carboxylic acids is 1. The van der Waals surface area contributed by atoms with E-state index in [9.17, 15) is 9.90 Å². The van der Waals surface area contributed by atoms with Crippen molar-refractivity contribution in [1.82, 2.24) is 14.8 Å². The Morgan fingerprint density at radius 2 is 2.28 bits per heavy atom. The van der Waals surface area contributed by atoms with Crippen LogP contribution < -0.4 is 4.74 Å². The van der Waals surface area contributed by atoms with Gasteiger partial charge < -0.3 is 19.6 Å². The number of nitrogens with zero attached hydrogens (tertiary/aromatic N) is 3. The molecule has 6 nitrogen and oxygen atoms in total. The number of carbonyl (C=O) groups is 1. The quantitative estimate of drug-likeness (QED) is 0.775. The fourth-order valence-corrected chi connectivity index (χ4v) is 3.41. The summed E-state index contributed by atoms with van der Waals surface area (Å²) in [6, 6.07) is 1.48. The number of ether oxygens (including phenoxy) is 1. The summed E-state index contributed by atoms with van der Waals surface area (Å²) in [5, 5.41) is 9.58. The van der Waals surface area contributed by atoms with Crippen LogP contribution in [0.1, 0.15) is 37.6 Å². The molecule has 2 rings (SSSR count). The Bertz CT molecular complexity index is 599. The number of hydrogen-bond acceptors (Lipinski definition) is 5. The SMILES string of the molecule is CCCN(C)C[C@H]1Oc2ncc(Br)cc2C(=O)N([C@H](C)CO)C[C@@H]1C. The zero-order chi connectivity index (χ0) is 18.6. The summed E-state index contributed by atoms with van der Waals surface area (Å²) in [7, 11) is 2.08. The Labute approximate surface area is 158 Å². The van der Waals surface area contributed by atoms with Crippen molar-refractivity contribution in [3.05, 3.63) is 22.3 Å². The van der Waals surface area contributed by atoms with E-state index in [2.05, 4.69) is 46.7 Å². The van der Waals surface area contributed by atoms with Crippen molar-refractivity contribution in [3.8, 4) is 5.88 Å². The Kier molecular flexibility index (Phi) is 7.22. The van der Waals surface area contributed by atoms with E-state index in [1.54, 1.807) is 17.2 Å². The second kappa shape index (κ2) is 8.96. The average molecular weight is 414 g/mol. The first kappa shape index (κ1) is 20.1. The molecule has 1 aliphatic heterocycles. The molecule has 25 heavy (non-hydrogen) atoms. The molecule has 0 spiro atoms. The van der Waals surface area contributed by atoms with Crippen molar-refractivity contribution >= 4 is 21.8 Å². The smallest absolute Gasteiger partial charge is 0.259 e. The van der Waals surface area contributed by atoms with E-state index in [0.717, 1.165) is 24.0 Å². The molecule has 0 aromatic carbocycles. The normalized spacial score (nSPS) is 22.2. The number of amides is 1. The predicted molar refractivity (Wildman–Crippen MR) is 101 cm³/mol. The summed E-state index contributed by atoms with van der Waals surface area (Å²) in [5.41, 5.74) is 0.435. The summed E-state index contributed by atoms with van der Waals surface area (Å²) in [5.74, 6) is 0.332. The molecular weight excluding hydrogens is 386 g/mol. The van der Waals surface area contributed by atoms with Crippen LogP contribution >= 0.6 is 15.9 Å². The minimum absolute atomic E-state index is 0.0729. The molecule has 3 atom stereocenters. The van der Waals surface area contributed by atoms with Crippen LogP contribution in [0.2, 0.25) is 0 Å².